The molecule has 1 saturated heterocycles. The summed E-state index contributed by atoms with van der Waals surface area (Å²) in [6.45, 7) is 1.51. The quantitative estimate of drug-likeness (QED) is 0.578. The monoisotopic (exact) mass is 449 g/mol. The van der Waals surface area contributed by atoms with E-state index < -0.39 is 10.0 Å². The molecule has 5 fully saturated rings. The average Bonchev–Trinajstić information content (AvgIpc) is 3.18. The van der Waals surface area contributed by atoms with Crippen molar-refractivity contribution >= 4 is 33.0 Å². The maximum atomic E-state index is 13.1. The van der Waals surface area contributed by atoms with Crippen LogP contribution in [-0.4, -0.2) is 38.3 Å². The second-order valence-electron chi connectivity index (χ2n) is 9.80. The van der Waals surface area contributed by atoms with Crippen LogP contribution in [0.4, 0.5) is 5.69 Å². The van der Waals surface area contributed by atoms with Crippen LogP contribution in [0.25, 0.3) is 0 Å². The van der Waals surface area contributed by atoms with Gasteiger partial charge in [0.1, 0.15) is 0 Å². The van der Waals surface area contributed by atoms with Crippen LogP contribution in [0.3, 0.4) is 0 Å². The molecule has 4 bridgehead atoms. The lowest BCUT2D eigenvalue weighted by atomic mass is 9.53. The third-order valence-corrected chi connectivity index (χ3v) is 9.17. The van der Waals surface area contributed by atoms with E-state index in [0.717, 1.165) is 44.4 Å². The largest absolute Gasteiger partial charge is 0.376 e. The summed E-state index contributed by atoms with van der Waals surface area (Å²) in [5.41, 5.74) is 0.548. The molecule has 0 radical (unpaired) electrons. The van der Waals surface area contributed by atoms with E-state index in [2.05, 4.69) is 15.4 Å². The lowest BCUT2D eigenvalue weighted by molar-refractivity contribution is -0.00810. The third kappa shape index (κ3) is 4.38. The fraction of sp³-hybridized carbons (Fsp3) is 0.682. The minimum absolute atomic E-state index is 0.216. The summed E-state index contributed by atoms with van der Waals surface area (Å²) in [4.78, 5) is 0.321. The molecule has 1 heterocycles. The smallest absolute Gasteiger partial charge is 0.241 e. The molecule has 3 N–H and O–H groups in total. The molecular weight excluding hydrogens is 418 g/mol. The molecule has 1 aromatic carbocycles. The fourth-order valence-corrected chi connectivity index (χ4v) is 8.12. The number of ether oxygens (including phenoxy) is 1. The molecule has 6 nitrogen and oxygen atoms in total. The lowest BCUT2D eigenvalue weighted by Gasteiger charge is -2.56. The van der Waals surface area contributed by atoms with E-state index in [0.29, 0.717) is 34.3 Å². The SMILES string of the molecule is O=S(=O)(NC12CC3CC(CC(C3)C1)C2)c1ccc(NC(=S)NC[C@@H]2CCCO2)cc1. The van der Waals surface area contributed by atoms with Crippen LogP contribution < -0.4 is 15.4 Å². The van der Waals surface area contributed by atoms with Gasteiger partial charge < -0.3 is 15.4 Å². The molecule has 1 atom stereocenters. The van der Waals surface area contributed by atoms with Gasteiger partial charge in [-0.25, -0.2) is 13.1 Å². The van der Waals surface area contributed by atoms with Crippen molar-refractivity contribution in [3.8, 4) is 0 Å². The predicted molar refractivity (Wildman–Crippen MR) is 121 cm³/mol. The van der Waals surface area contributed by atoms with Crippen molar-refractivity contribution in [1.29, 1.82) is 0 Å². The number of benzene rings is 1. The van der Waals surface area contributed by atoms with Gasteiger partial charge in [-0.15, -0.1) is 0 Å². The first-order chi connectivity index (χ1) is 14.4. The van der Waals surface area contributed by atoms with Crippen LogP contribution in [-0.2, 0) is 14.8 Å². The highest BCUT2D eigenvalue weighted by molar-refractivity contribution is 7.89. The molecule has 4 saturated carbocycles. The molecule has 5 aliphatic rings. The van der Waals surface area contributed by atoms with Crippen LogP contribution in [0, 0.1) is 17.8 Å². The Bertz CT molecular complexity index is 859. The van der Waals surface area contributed by atoms with Gasteiger partial charge in [0.2, 0.25) is 10.0 Å². The Hall–Kier alpha value is -1.22. The van der Waals surface area contributed by atoms with Crippen molar-refractivity contribution in [2.24, 2.45) is 17.8 Å². The molecule has 1 aliphatic heterocycles. The van der Waals surface area contributed by atoms with Crippen LogP contribution >= 0.6 is 12.2 Å². The highest BCUT2D eigenvalue weighted by Crippen LogP contribution is 2.55. The van der Waals surface area contributed by atoms with E-state index in [1.165, 1.54) is 19.3 Å². The lowest BCUT2D eigenvalue weighted by Crippen LogP contribution is -2.59. The number of thiocarbonyl (C=S) groups is 1. The van der Waals surface area contributed by atoms with Crippen molar-refractivity contribution < 1.29 is 13.2 Å². The predicted octanol–water partition coefficient (Wildman–Crippen LogP) is 3.40. The van der Waals surface area contributed by atoms with Crippen molar-refractivity contribution in [2.45, 2.75) is 67.9 Å². The molecule has 6 rings (SSSR count). The van der Waals surface area contributed by atoms with Crippen LogP contribution in [0.1, 0.15) is 51.4 Å². The van der Waals surface area contributed by atoms with Crippen molar-refractivity contribution in [3.63, 3.8) is 0 Å². The molecular formula is C22H31N3O3S2. The summed E-state index contributed by atoms with van der Waals surface area (Å²) >= 11 is 5.34. The summed E-state index contributed by atoms with van der Waals surface area (Å²) in [6, 6.07) is 6.87. The van der Waals surface area contributed by atoms with Crippen molar-refractivity contribution in [1.82, 2.24) is 10.0 Å². The van der Waals surface area contributed by atoms with E-state index >= 15 is 0 Å². The normalized spacial score (nSPS) is 34.8. The Balaban J connectivity index is 1.20. The molecule has 0 unspecified atom stereocenters. The first-order valence-electron chi connectivity index (χ1n) is 11.2. The third-order valence-electron chi connectivity index (χ3n) is 7.33. The Labute approximate surface area is 184 Å². The van der Waals surface area contributed by atoms with E-state index in [9.17, 15) is 8.42 Å². The molecule has 0 amide bonds. The Kier molecular flexibility index (Phi) is 5.54. The number of rotatable bonds is 6. The van der Waals surface area contributed by atoms with E-state index in [-0.39, 0.29) is 11.6 Å². The van der Waals surface area contributed by atoms with Crippen molar-refractivity contribution in [2.75, 3.05) is 18.5 Å². The summed E-state index contributed by atoms with van der Waals surface area (Å²) in [5.74, 6) is 2.11. The zero-order valence-electron chi connectivity index (χ0n) is 17.2. The van der Waals surface area contributed by atoms with Gasteiger partial charge in [0.25, 0.3) is 0 Å². The Morgan fingerprint density at radius 1 is 1.07 bits per heavy atom. The number of nitrogens with one attached hydrogen (secondary N) is 3. The maximum Gasteiger partial charge on any atom is 0.241 e. The van der Waals surface area contributed by atoms with Gasteiger partial charge in [-0.05, 0) is 106 Å². The summed E-state index contributed by atoms with van der Waals surface area (Å²) in [6.07, 6.45) is 9.26. The first-order valence-corrected chi connectivity index (χ1v) is 13.1. The molecule has 0 spiro atoms. The molecule has 4 aliphatic carbocycles. The molecule has 1 aromatic rings. The van der Waals surface area contributed by atoms with Crippen LogP contribution in [0.5, 0.6) is 0 Å². The van der Waals surface area contributed by atoms with Gasteiger partial charge in [0.15, 0.2) is 5.11 Å². The van der Waals surface area contributed by atoms with Gasteiger partial charge in [-0.3, -0.25) is 0 Å². The Morgan fingerprint density at radius 3 is 2.27 bits per heavy atom. The standard InChI is InChI=1S/C22H31N3O3S2/c26-30(27,25-22-11-15-8-16(12-22)10-17(9-15)13-22)20-5-3-18(4-6-20)24-21(29)23-14-19-2-1-7-28-19/h3-6,15-17,19,25H,1-2,7-14H2,(H2,23,24,29)/t15?,16?,17?,19-,22?/m0/s1. The highest BCUT2D eigenvalue weighted by Gasteiger charge is 2.52. The van der Waals surface area contributed by atoms with Gasteiger partial charge in [-0.1, -0.05) is 0 Å². The van der Waals surface area contributed by atoms with Crippen molar-refractivity contribution in [3.05, 3.63) is 24.3 Å². The molecule has 30 heavy (non-hydrogen) atoms. The molecule has 8 heteroatoms. The number of hydrogen-bond donors (Lipinski definition) is 3. The highest BCUT2D eigenvalue weighted by atomic mass is 32.2. The van der Waals surface area contributed by atoms with Crippen LogP contribution in [0.15, 0.2) is 29.2 Å². The Morgan fingerprint density at radius 2 is 1.70 bits per heavy atom. The molecule has 0 aromatic heterocycles. The van der Waals surface area contributed by atoms with E-state index in [4.69, 9.17) is 17.0 Å². The first kappa shape index (κ1) is 20.7. The minimum Gasteiger partial charge on any atom is -0.376 e. The summed E-state index contributed by atoms with van der Waals surface area (Å²) < 4.78 is 34.9. The van der Waals surface area contributed by atoms with Gasteiger partial charge in [0.05, 0.1) is 11.0 Å². The zero-order valence-corrected chi connectivity index (χ0v) is 18.9. The second kappa shape index (κ2) is 8.04. The number of hydrogen-bond acceptors (Lipinski definition) is 4. The maximum absolute atomic E-state index is 13.1. The minimum atomic E-state index is -3.53. The molecule has 164 valence electrons. The van der Waals surface area contributed by atoms with Crippen LogP contribution in [0.2, 0.25) is 0 Å². The van der Waals surface area contributed by atoms with Gasteiger partial charge in [-0.2, -0.15) is 0 Å². The van der Waals surface area contributed by atoms with E-state index in [1.807, 2.05) is 0 Å². The van der Waals surface area contributed by atoms with Gasteiger partial charge in [0, 0.05) is 24.4 Å². The fourth-order valence-electron chi connectivity index (χ4n) is 6.48. The summed E-state index contributed by atoms with van der Waals surface area (Å²) in [5, 5.41) is 6.81. The zero-order chi connectivity index (χ0) is 20.8. The second-order valence-corrected chi connectivity index (χ2v) is 11.9. The number of sulfonamides is 1. The topological polar surface area (TPSA) is 79.5 Å². The summed E-state index contributed by atoms with van der Waals surface area (Å²) in [7, 11) is -3.53. The number of anilines is 1. The van der Waals surface area contributed by atoms with E-state index in [1.54, 1.807) is 24.3 Å². The average molecular weight is 450 g/mol. The van der Waals surface area contributed by atoms with Gasteiger partial charge >= 0.3 is 0 Å².